The van der Waals surface area contributed by atoms with Crippen LogP contribution in [0, 0.1) is 23.0 Å². The van der Waals surface area contributed by atoms with Crippen LogP contribution in [0.5, 0.6) is 6.01 Å². The number of methoxy groups -OCH3 is 1. The maximum absolute atomic E-state index is 16.9. The van der Waals surface area contributed by atoms with Crippen molar-refractivity contribution >= 4 is 66.9 Å². The second kappa shape index (κ2) is 15.9. The maximum atomic E-state index is 16.9. The van der Waals surface area contributed by atoms with E-state index in [9.17, 15) is 19.2 Å². The number of piperazine rings is 1. The summed E-state index contributed by atoms with van der Waals surface area (Å²) in [6.45, 7) is 13.2. The van der Waals surface area contributed by atoms with Gasteiger partial charge in [0, 0.05) is 42.0 Å². The number of amides is 2. The molecule has 310 valence electrons. The third-order valence-corrected chi connectivity index (χ3v) is 12.1. The van der Waals surface area contributed by atoms with Crippen LogP contribution in [0.1, 0.15) is 79.2 Å². The fourth-order valence-electron chi connectivity index (χ4n) is 8.43. The second-order valence-electron chi connectivity index (χ2n) is 17.1. The van der Waals surface area contributed by atoms with Gasteiger partial charge in [-0.2, -0.15) is 15.2 Å². The van der Waals surface area contributed by atoms with Crippen LogP contribution in [0.2, 0.25) is 5.02 Å². The van der Waals surface area contributed by atoms with Crippen LogP contribution in [0.15, 0.2) is 18.2 Å². The van der Waals surface area contributed by atoms with Gasteiger partial charge in [-0.25, -0.2) is 22.8 Å². The Balaban J connectivity index is 0.000000496. The van der Waals surface area contributed by atoms with E-state index in [1.54, 1.807) is 31.7 Å². The number of ether oxygens (including phenoxy) is 3. The summed E-state index contributed by atoms with van der Waals surface area (Å²) >= 11 is 7.67. The first-order chi connectivity index (χ1) is 27.3. The van der Waals surface area contributed by atoms with Crippen molar-refractivity contribution < 1.29 is 37.0 Å². The number of carbonyl (C=O) groups is 2. The van der Waals surface area contributed by atoms with Crippen LogP contribution in [0.25, 0.3) is 32.1 Å². The lowest BCUT2D eigenvalue weighted by Gasteiger charge is -2.42. The van der Waals surface area contributed by atoms with E-state index in [1.165, 1.54) is 26.0 Å². The predicted molar refractivity (Wildman–Crippen MR) is 218 cm³/mol. The average molecular weight is 842 g/mol. The second-order valence-corrected chi connectivity index (χ2v) is 18.6. The quantitative estimate of drug-likeness (QED) is 0.212. The highest BCUT2D eigenvalue weighted by Crippen LogP contribution is 2.47. The van der Waals surface area contributed by atoms with Crippen molar-refractivity contribution in [2.45, 2.75) is 109 Å². The summed E-state index contributed by atoms with van der Waals surface area (Å²) < 4.78 is 61.1. The Hall–Kier alpha value is -4.59. The Labute approximate surface area is 344 Å². The molecule has 2 bridgehead atoms. The van der Waals surface area contributed by atoms with Crippen molar-refractivity contribution in [3.05, 3.63) is 40.4 Å². The Morgan fingerprint density at radius 1 is 1.00 bits per heavy atom. The van der Waals surface area contributed by atoms with Crippen LogP contribution >= 0.6 is 22.9 Å². The molecule has 58 heavy (non-hydrogen) atoms. The number of hydrogen-bond acceptors (Lipinski definition) is 11. The van der Waals surface area contributed by atoms with E-state index in [0.717, 1.165) is 43.2 Å². The summed E-state index contributed by atoms with van der Waals surface area (Å²) in [7, 11) is 1.37. The minimum atomic E-state index is -0.830. The van der Waals surface area contributed by atoms with Crippen LogP contribution in [0.4, 0.5) is 33.6 Å². The number of nitrogens with zero attached hydrogens (tertiary/aromatic N) is 6. The third-order valence-electron chi connectivity index (χ3n) is 10.7. The highest BCUT2D eigenvalue weighted by Gasteiger charge is 2.45. The summed E-state index contributed by atoms with van der Waals surface area (Å²) in [5, 5.41) is 13.1. The number of hydrogen-bond donors (Lipinski definition) is 1. The first-order valence-corrected chi connectivity index (χ1v) is 20.6. The van der Waals surface area contributed by atoms with Gasteiger partial charge in [-0.3, -0.25) is 15.1 Å². The van der Waals surface area contributed by atoms with Gasteiger partial charge in [0.1, 0.15) is 45.6 Å². The number of alkyl halides is 1. The summed E-state index contributed by atoms with van der Waals surface area (Å²) in [5.41, 5.74) is -1.61. The first-order valence-electron chi connectivity index (χ1n) is 19.4. The smallest absolute Gasteiger partial charge is 0.412 e. The molecule has 17 heteroatoms. The van der Waals surface area contributed by atoms with Gasteiger partial charge in [0.2, 0.25) is 0 Å². The molecule has 2 amide bonds. The first kappa shape index (κ1) is 41.6. The van der Waals surface area contributed by atoms with E-state index in [1.807, 2.05) is 31.7 Å². The summed E-state index contributed by atoms with van der Waals surface area (Å²) in [6.07, 6.45) is 3.15. The van der Waals surface area contributed by atoms with Crippen molar-refractivity contribution in [3.63, 3.8) is 0 Å². The molecule has 2 aromatic carbocycles. The summed E-state index contributed by atoms with van der Waals surface area (Å²) in [5.74, 6) is -1.11. The molecule has 8 rings (SSSR count). The van der Waals surface area contributed by atoms with Gasteiger partial charge in [-0.15, -0.1) is 11.3 Å². The zero-order chi connectivity index (χ0) is 41.8. The van der Waals surface area contributed by atoms with E-state index in [0.29, 0.717) is 36.9 Å². The number of fused-ring (bicyclic) bond motifs is 5. The minimum absolute atomic E-state index is 0.0231. The van der Waals surface area contributed by atoms with E-state index in [-0.39, 0.29) is 66.5 Å². The van der Waals surface area contributed by atoms with E-state index in [2.05, 4.69) is 20.2 Å². The molecule has 4 unspecified atom stereocenters. The molecule has 4 fully saturated rings. The normalized spacial score (nSPS) is 21.8. The Bertz CT molecular complexity index is 2280. The number of nitriles is 1. The Kier molecular flexibility index (Phi) is 11.4. The number of rotatable bonds is 4. The summed E-state index contributed by atoms with van der Waals surface area (Å²) in [4.78, 5) is 40.6. The number of carbonyl (C=O) groups excluding carboxylic acids is 2. The molecular weight excluding hydrogens is 795 g/mol. The van der Waals surface area contributed by atoms with Gasteiger partial charge >= 0.3 is 18.2 Å². The SMILES string of the molecule is COc1nc(N2CC3CCC(C2)N3C(=O)OC(C)(C)C)c2cc(Cl)c(-c3ccc(F)c4sc(NC(=O)OC(C)(C)C)c(C#N)c34)c(F)c2n1.FC1CC2CCCN2C1. The van der Waals surface area contributed by atoms with Crippen LogP contribution in [0.3, 0.4) is 0 Å². The van der Waals surface area contributed by atoms with Crippen molar-refractivity contribution in [1.29, 1.82) is 5.26 Å². The molecule has 4 aliphatic rings. The number of benzene rings is 2. The molecule has 4 aliphatic heterocycles. The molecular formula is C41H47ClF3N7O5S. The van der Waals surface area contributed by atoms with Gasteiger partial charge in [-0.05, 0) is 97.9 Å². The van der Waals surface area contributed by atoms with Crippen molar-refractivity contribution in [3.8, 4) is 23.2 Å². The average Bonchev–Trinajstić information content (AvgIpc) is 3.88. The number of nitrogens with one attached hydrogen (secondary N) is 1. The largest absolute Gasteiger partial charge is 0.467 e. The number of halogens is 4. The molecule has 4 saturated heterocycles. The summed E-state index contributed by atoms with van der Waals surface area (Å²) in [6, 6.07) is 6.28. The molecule has 2 aromatic heterocycles. The lowest BCUT2D eigenvalue weighted by atomic mass is 9.97. The highest BCUT2D eigenvalue weighted by molar-refractivity contribution is 7.23. The number of thiophene rings is 1. The Morgan fingerprint density at radius 3 is 2.31 bits per heavy atom. The topological polar surface area (TPSA) is 133 Å². The fourth-order valence-corrected chi connectivity index (χ4v) is 9.79. The monoisotopic (exact) mass is 841 g/mol. The molecule has 0 aliphatic carbocycles. The van der Waals surface area contributed by atoms with Crippen LogP contribution in [-0.4, -0.2) is 101 Å². The molecule has 4 aromatic rings. The molecule has 0 saturated carbocycles. The molecule has 4 atom stereocenters. The third kappa shape index (κ3) is 8.31. The van der Waals surface area contributed by atoms with Gasteiger partial charge in [-0.1, -0.05) is 17.7 Å². The van der Waals surface area contributed by atoms with Gasteiger partial charge in [0.05, 0.1) is 34.5 Å². The molecule has 0 spiro atoms. The van der Waals surface area contributed by atoms with Crippen molar-refractivity contribution in [1.82, 2.24) is 19.8 Å². The van der Waals surface area contributed by atoms with Crippen molar-refractivity contribution in [2.24, 2.45) is 0 Å². The van der Waals surface area contributed by atoms with Crippen molar-refractivity contribution in [2.75, 3.05) is 43.5 Å². The van der Waals surface area contributed by atoms with Gasteiger partial charge in [0.25, 0.3) is 0 Å². The van der Waals surface area contributed by atoms with Gasteiger partial charge in [0.15, 0.2) is 5.82 Å². The maximum Gasteiger partial charge on any atom is 0.412 e. The lowest BCUT2D eigenvalue weighted by Crippen LogP contribution is -2.57. The van der Waals surface area contributed by atoms with Crippen LogP contribution in [-0.2, 0) is 9.47 Å². The molecule has 12 nitrogen and oxygen atoms in total. The zero-order valence-electron chi connectivity index (χ0n) is 33.6. The highest BCUT2D eigenvalue weighted by atomic mass is 35.5. The van der Waals surface area contributed by atoms with Crippen LogP contribution < -0.4 is 15.0 Å². The zero-order valence-corrected chi connectivity index (χ0v) is 35.1. The predicted octanol–water partition coefficient (Wildman–Crippen LogP) is 9.45. The lowest BCUT2D eigenvalue weighted by molar-refractivity contribution is 0.0122. The van der Waals surface area contributed by atoms with E-state index >= 15 is 8.78 Å². The molecule has 6 heterocycles. The molecule has 0 radical (unpaired) electrons. The van der Waals surface area contributed by atoms with E-state index < -0.39 is 35.1 Å². The standard InChI is InChI=1S/C34H35ClF2N6O5S.C7H12FN/c1-33(2,3)47-31(44)41-29-20(13-38)23-18(10-11-22(36)27(23)49-29)24-21(35)12-19-26(25(24)37)39-30(46-7)40-28(19)42-14-16-8-9-17(15-42)43(16)32(45)48-34(4,5)6;8-6-4-7-2-1-3-9(7)5-6/h10-12,16-17H,8-9,14-15H2,1-7H3,(H,41,44);6-7H,1-5H2. The fraction of sp³-hybridized carbons (Fsp3) is 0.537. The Morgan fingerprint density at radius 2 is 1.69 bits per heavy atom. The minimum Gasteiger partial charge on any atom is -0.467 e. The number of aromatic nitrogens is 2. The number of anilines is 2. The van der Waals surface area contributed by atoms with E-state index in [4.69, 9.17) is 25.8 Å². The molecule has 1 N–H and O–H groups in total. The van der Waals surface area contributed by atoms with Gasteiger partial charge < -0.3 is 19.1 Å².